The van der Waals surface area contributed by atoms with Gasteiger partial charge in [0.1, 0.15) is 0 Å². The topological polar surface area (TPSA) is 58.2 Å². The van der Waals surface area contributed by atoms with Gasteiger partial charge in [-0.25, -0.2) is 0 Å². The van der Waals surface area contributed by atoms with Gasteiger partial charge in [-0.05, 0) is 43.2 Å². The van der Waals surface area contributed by atoms with Crippen molar-refractivity contribution in [2.75, 3.05) is 16.4 Å². The SMILES string of the molecule is O=C(CSc1ccccc1Cl)Nc1cccc(NC(=O)C2CC2)c1. The van der Waals surface area contributed by atoms with E-state index in [1.165, 1.54) is 11.8 Å². The molecule has 2 aromatic rings. The highest BCUT2D eigenvalue weighted by Gasteiger charge is 2.29. The first kappa shape index (κ1) is 16.9. The summed E-state index contributed by atoms with van der Waals surface area (Å²) in [5.74, 6) is 0.344. The summed E-state index contributed by atoms with van der Waals surface area (Å²) in [6.45, 7) is 0. The normalized spacial score (nSPS) is 13.4. The largest absolute Gasteiger partial charge is 0.326 e. The Morgan fingerprint density at radius 1 is 1.04 bits per heavy atom. The summed E-state index contributed by atoms with van der Waals surface area (Å²) < 4.78 is 0. The van der Waals surface area contributed by atoms with Crippen LogP contribution in [0.1, 0.15) is 12.8 Å². The lowest BCUT2D eigenvalue weighted by atomic mass is 10.2. The summed E-state index contributed by atoms with van der Waals surface area (Å²) in [7, 11) is 0. The van der Waals surface area contributed by atoms with E-state index in [1.807, 2.05) is 24.3 Å². The smallest absolute Gasteiger partial charge is 0.234 e. The van der Waals surface area contributed by atoms with Crippen molar-refractivity contribution in [3.8, 4) is 0 Å². The maximum absolute atomic E-state index is 12.1. The summed E-state index contributed by atoms with van der Waals surface area (Å²) >= 11 is 7.46. The van der Waals surface area contributed by atoms with E-state index in [1.54, 1.807) is 24.3 Å². The van der Waals surface area contributed by atoms with Crippen molar-refractivity contribution in [3.63, 3.8) is 0 Å². The van der Waals surface area contributed by atoms with Gasteiger partial charge in [-0.2, -0.15) is 0 Å². The van der Waals surface area contributed by atoms with Crippen LogP contribution in [0.4, 0.5) is 11.4 Å². The van der Waals surface area contributed by atoms with Crippen LogP contribution in [0.2, 0.25) is 5.02 Å². The van der Waals surface area contributed by atoms with Gasteiger partial charge in [-0.15, -0.1) is 11.8 Å². The number of amides is 2. The van der Waals surface area contributed by atoms with Gasteiger partial charge < -0.3 is 10.6 Å². The predicted molar refractivity (Wildman–Crippen MR) is 98.6 cm³/mol. The van der Waals surface area contributed by atoms with Crippen LogP contribution in [-0.4, -0.2) is 17.6 Å². The number of hydrogen-bond donors (Lipinski definition) is 2. The molecule has 1 aliphatic rings. The third kappa shape index (κ3) is 4.76. The number of thioether (sulfide) groups is 1. The molecule has 24 heavy (non-hydrogen) atoms. The van der Waals surface area contributed by atoms with Crippen LogP contribution in [0.3, 0.4) is 0 Å². The third-order valence-corrected chi connectivity index (χ3v) is 5.07. The Hall–Kier alpha value is -1.98. The molecule has 2 amide bonds. The standard InChI is InChI=1S/C18H17ClN2O2S/c19-15-6-1-2-7-16(15)24-11-17(22)20-13-4-3-5-14(10-13)21-18(23)12-8-9-12/h1-7,10,12H,8-9,11H2,(H,20,22)(H,21,23). The van der Waals surface area contributed by atoms with Gasteiger partial charge in [0.05, 0.1) is 10.8 Å². The fourth-order valence-electron chi connectivity index (χ4n) is 2.17. The van der Waals surface area contributed by atoms with Gasteiger partial charge in [0, 0.05) is 22.2 Å². The highest BCUT2D eigenvalue weighted by molar-refractivity contribution is 8.00. The second-order valence-electron chi connectivity index (χ2n) is 5.61. The molecular formula is C18H17ClN2O2S. The third-order valence-electron chi connectivity index (χ3n) is 3.56. The zero-order valence-corrected chi connectivity index (χ0v) is 14.5. The molecule has 2 aromatic carbocycles. The molecule has 0 saturated heterocycles. The van der Waals surface area contributed by atoms with Crippen LogP contribution in [0.5, 0.6) is 0 Å². The summed E-state index contributed by atoms with van der Waals surface area (Å²) in [4.78, 5) is 24.7. The van der Waals surface area contributed by atoms with E-state index >= 15 is 0 Å². The van der Waals surface area contributed by atoms with E-state index < -0.39 is 0 Å². The summed E-state index contributed by atoms with van der Waals surface area (Å²) in [6.07, 6.45) is 1.92. The van der Waals surface area contributed by atoms with Crippen molar-refractivity contribution in [2.24, 2.45) is 5.92 Å². The van der Waals surface area contributed by atoms with E-state index in [9.17, 15) is 9.59 Å². The lowest BCUT2D eigenvalue weighted by molar-refractivity contribution is -0.117. The zero-order chi connectivity index (χ0) is 16.9. The van der Waals surface area contributed by atoms with Crippen molar-refractivity contribution in [1.29, 1.82) is 0 Å². The van der Waals surface area contributed by atoms with E-state index in [2.05, 4.69) is 10.6 Å². The quantitative estimate of drug-likeness (QED) is 0.750. The van der Waals surface area contributed by atoms with Gasteiger partial charge in [-0.1, -0.05) is 29.8 Å². The molecule has 0 aromatic heterocycles. The molecule has 0 heterocycles. The molecule has 0 aliphatic heterocycles. The van der Waals surface area contributed by atoms with Gasteiger partial charge in [0.15, 0.2) is 0 Å². The second-order valence-corrected chi connectivity index (χ2v) is 7.04. The van der Waals surface area contributed by atoms with Gasteiger partial charge in [0.2, 0.25) is 11.8 Å². The minimum absolute atomic E-state index is 0.0488. The fraction of sp³-hybridized carbons (Fsp3) is 0.222. The molecule has 2 N–H and O–H groups in total. The minimum Gasteiger partial charge on any atom is -0.326 e. The molecule has 1 fully saturated rings. The molecule has 0 unspecified atom stereocenters. The minimum atomic E-state index is -0.120. The number of rotatable bonds is 6. The van der Waals surface area contributed by atoms with Crippen LogP contribution in [0.15, 0.2) is 53.4 Å². The first-order chi connectivity index (χ1) is 11.6. The maximum Gasteiger partial charge on any atom is 0.234 e. The Morgan fingerprint density at radius 2 is 1.75 bits per heavy atom. The van der Waals surface area contributed by atoms with Crippen molar-refractivity contribution < 1.29 is 9.59 Å². The van der Waals surface area contributed by atoms with E-state index in [-0.39, 0.29) is 23.5 Å². The molecule has 3 rings (SSSR count). The molecule has 1 saturated carbocycles. The molecule has 1 aliphatic carbocycles. The van der Waals surface area contributed by atoms with Crippen molar-refractivity contribution in [2.45, 2.75) is 17.7 Å². The lowest BCUT2D eigenvalue weighted by Gasteiger charge is -2.09. The second kappa shape index (κ2) is 7.73. The van der Waals surface area contributed by atoms with E-state index in [0.717, 1.165) is 17.7 Å². The highest BCUT2D eigenvalue weighted by Crippen LogP contribution is 2.30. The lowest BCUT2D eigenvalue weighted by Crippen LogP contribution is -2.15. The molecule has 124 valence electrons. The highest BCUT2D eigenvalue weighted by atomic mass is 35.5. The molecule has 0 bridgehead atoms. The number of nitrogens with one attached hydrogen (secondary N) is 2. The van der Waals surface area contributed by atoms with Crippen LogP contribution in [0, 0.1) is 5.92 Å². The average Bonchev–Trinajstić information content (AvgIpc) is 3.39. The molecular weight excluding hydrogens is 344 g/mol. The number of carbonyl (C=O) groups is 2. The van der Waals surface area contributed by atoms with Crippen molar-refractivity contribution in [3.05, 3.63) is 53.6 Å². The van der Waals surface area contributed by atoms with Crippen molar-refractivity contribution >= 4 is 46.6 Å². The fourth-order valence-corrected chi connectivity index (χ4v) is 3.21. The number of anilines is 2. The Kier molecular flexibility index (Phi) is 5.43. The Balaban J connectivity index is 1.54. The predicted octanol–water partition coefficient (Wildman–Crippen LogP) is 4.42. The Labute approximate surface area is 150 Å². The number of hydrogen-bond acceptors (Lipinski definition) is 3. The molecule has 0 atom stereocenters. The summed E-state index contributed by atoms with van der Waals surface area (Å²) in [6, 6.07) is 14.6. The van der Waals surface area contributed by atoms with Gasteiger partial charge in [0.25, 0.3) is 0 Å². The van der Waals surface area contributed by atoms with E-state index in [0.29, 0.717) is 16.4 Å². The number of benzene rings is 2. The Bertz CT molecular complexity index is 762. The monoisotopic (exact) mass is 360 g/mol. The van der Waals surface area contributed by atoms with Gasteiger partial charge >= 0.3 is 0 Å². The van der Waals surface area contributed by atoms with E-state index in [4.69, 9.17) is 11.6 Å². The summed E-state index contributed by atoms with van der Waals surface area (Å²) in [5, 5.41) is 6.34. The Morgan fingerprint density at radius 3 is 2.46 bits per heavy atom. The van der Waals surface area contributed by atoms with Gasteiger partial charge in [-0.3, -0.25) is 9.59 Å². The molecule has 4 nitrogen and oxygen atoms in total. The molecule has 6 heteroatoms. The molecule has 0 radical (unpaired) electrons. The van der Waals surface area contributed by atoms with Crippen LogP contribution in [-0.2, 0) is 9.59 Å². The average molecular weight is 361 g/mol. The molecule has 0 spiro atoms. The zero-order valence-electron chi connectivity index (χ0n) is 12.9. The summed E-state index contributed by atoms with van der Waals surface area (Å²) in [5.41, 5.74) is 1.36. The van der Waals surface area contributed by atoms with Crippen LogP contribution >= 0.6 is 23.4 Å². The van der Waals surface area contributed by atoms with Crippen LogP contribution in [0.25, 0.3) is 0 Å². The maximum atomic E-state index is 12.1. The van der Waals surface area contributed by atoms with Crippen LogP contribution < -0.4 is 10.6 Å². The first-order valence-corrected chi connectivity index (χ1v) is 9.06. The first-order valence-electron chi connectivity index (χ1n) is 7.70. The van der Waals surface area contributed by atoms with Crippen molar-refractivity contribution in [1.82, 2.24) is 0 Å². The number of halogens is 1. The number of carbonyl (C=O) groups excluding carboxylic acids is 2.